The van der Waals surface area contributed by atoms with Gasteiger partial charge >= 0.3 is 5.97 Å². The first kappa shape index (κ1) is 18.5. The quantitative estimate of drug-likeness (QED) is 0.718. The molecule has 2 aliphatic heterocycles. The number of ether oxygens (including phenoxy) is 4. The lowest BCUT2D eigenvalue weighted by Gasteiger charge is -2.29. The van der Waals surface area contributed by atoms with Crippen molar-refractivity contribution in [1.29, 1.82) is 0 Å². The number of esters is 1. The van der Waals surface area contributed by atoms with Crippen molar-refractivity contribution in [1.82, 2.24) is 0 Å². The summed E-state index contributed by atoms with van der Waals surface area (Å²) in [6, 6.07) is 17.2. The van der Waals surface area contributed by atoms with Gasteiger partial charge in [-0.05, 0) is 36.8 Å². The van der Waals surface area contributed by atoms with Crippen LogP contribution in [0.25, 0.3) is 0 Å². The van der Waals surface area contributed by atoms with Crippen LogP contribution in [0.15, 0.2) is 59.6 Å². The van der Waals surface area contributed by atoms with Crippen molar-refractivity contribution in [3.63, 3.8) is 0 Å². The highest BCUT2D eigenvalue weighted by Crippen LogP contribution is 2.53. The molecule has 0 spiro atoms. The van der Waals surface area contributed by atoms with E-state index < -0.39 is 17.3 Å². The van der Waals surface area contributed by atoms with E-state index in [-0.39, 0.29) is 12.7 Å². The fourth-order valence-corrected chi connectivity index (χ4v) is 3.82. The maximum absolute atomic E-state index is 12.7. The molecule has 2 aromatic rings. The molecule has 0 amide bonds. The second-order valence-electron chi connectivity index (χ2n) is 7.05. The fraction of sp³-hybridized carbons (Fsp3) is 0.364. The van der Waals surface area contributed by atoms with Gasteiger partial charge in [0.05, 0.1) is 12.7 Å². The Kier molecular flexibility index (Phi) is 4.59. The summed E-state index contributed by atoms with van der Waals surface area (Å²) in [6.45, 7) is 5.52. The number of para-hydroxylation sites is 1. The van der Waals surface area contributed by atoms with Crippen molar-refractivity contribution in [2.45, 2.75) is 44.6 Å². The molecule has 1 saturated heterocycles. The Labute approximate surface area is 164 Å². The molecule has 146 valence electrons. The first-order valence-electron chi connectivity index (χ1n) is 9.39. The van der Waals surface area contributed by atoms with Crippen molar-refractivity contribution >= 4 is 11.9 Å². The molecular weight excluding hydrogens is 358 g/mol. The minimum Gasteiger partial charge on any atom is -0.464 e. The molecule has 0 bridgehead atoms. The number of carbonyl (C=O) groups is 1. The number of hydrogen-bond donors (Lipinski definition) is 0. The van der Waals surface area contributed by atoms with E-state index in [1.54, 1.807) is 20.8 Å². The highest BCUT2D eigenvalue weighted by molar-refractivity contribution is 5.90. The zero-order valence-electron chi connectivity index (χ0n) is 16.2. The maximum atomic E-state index is 12.7. The topological polar surface area (TPSA) is 66.4 Å². The van der Waals surface area contributed by atoms with Gasteiger partial charge in [-0.15, -0.1) is 0 Å². The van der Waals surface area contributed by atoms with E-state index >= 15 is 0 Å². The van der Waals surface area contributed by atoms with Crippen molar-refractivity contribution in [3.05, 3.63) is 60.2 Å². The smallest absolute Gasteiger partial charge is 0.341 e. The number of hydrogen-bond acceptors (Lipinski definition) is 6. The van der Waals surface area contributed by atoms with E-state index in [2.05, 4.69) is 4.99 Å². The average molecular weight is 381 g/mol. The van der Waals surface area contributed by atoms with Gasteiger partial charge in [0.15, 0.2) is 5.90 Å². The lowest BCUT2D eigenvalue weighted by Crippen LogP contribution is -2.52. The Morgan fingerprint density at radius 3 is 2.50 bits per heavy atom. The molecular formula is C22H23NO5. The Bertz CT molecular complexity index is 895. The van der Waals surface area contributed by atoms with E-state index in [0.29, 0.717) is 12.3 Å². The zero-order valence-corrected chi connectivity index (χ0v) is 16.2. The van der Waals surface area contributed by atoms with Crippen LogP contribution in [-0.2, 0) is 19.0 Å². The standard InChI is InChI=1S/C22H23NO5/c1-4-25-20(24)22-14-19(28-21(22,3)27-15(2)23-22)16-10-12-18(13-11-16)26-17-8-6-5-7-9-17/h5-13,19H,4,14H2,1-3H3/t19-,21-,22-/m1/s1. The van der Waals surface area contributed by atoms with Crippen molar-refractivity contribution in [2.24, 2.45) is 4.99 Å². The molecule has 0 radical (unpaired) electrons. The monoisotopic (exact) mass is 381 g/mol. The Morgan fingerprint density at radius 2 is 1.82 bits per heavy atom. The summed E-state index contributed by atoms with van der Waals surface area (Å²) in [5.74, 6) is 0.340. The van der Waals surface area contributed by atoms with Gasteiger partial charge in [0.2, 0.25) is 11.3 Å². The number of benzene rings is 2. The number of nitrogens with zero attached hydrogens (tertiary/aromatic N) is 1. The summed E-state index contributed by atoms with van der Waals surface area (Å²) in [4.78, 5) is 17.2. The third kappa shape index (κ3) is 3.03. The van der Waals surface area contributed by atoms with E-state index in [9.17, 15) is 4.79 Å². The van der Waals surface area contributed by atoms with E-state index in [1.807, 2.05) is 54.6 Å². The highest BCUT2D eigenvalue weighted by atomic mass is 16.7. The molecule has 4 rings (SSSR count). The number of aliphatic imine (C=N–C) groups is 1. The molecule has 2 aliphatic rings. The third-order valence-electron chi connectivity index (χ3n) is 5.13. The molecule has 0 aliphatic carbocycles. The van der Waals surface area contributed by atoms with Crippen LogP contribution in [0.4, 0.5) is 0 Å². The number of carbonyl (C=O) groups excluding carboxylic acids is 1. The van der Waals surface area contributed by atoms with E-state index in [4.69, 9.17) is 18.9 Å². The zero-order chi connectivity index (χ0) is 19.8. The van der Waals surface area contributed by atoms with Gasteiger partial charge < -0.3 is 18.9 Å². The van der Waals surface area contributed by atoms with Crippen LogP contribution in [0.5, 0.6) is 11.5 Å². The van der Waals surface area contributed by atoms with Crippen LogP contribution in [-0.4, -0.2) is 29.8 Å². The second-order valence-corrected chi connectivity index (χ2v) is 7.05. The minimum atomic E-state index is -1.18. The number of fused-ring (bicyclic) bond motifs is 1. The van der Waals surface area contributed by atoms with Crippen LogP contribution < -0.4 is 4.74 Å². The normalized spacial score (nSPS) is 28.2. The van der Waals surface area contributed by atoms with Crippen LogP contribution in [0, 0.1) is 0 Å². The lowest BCUT2D eigenvalue weighted by molar-refractivity contribution is -0.194. The Hall–Kier alpha value is -2.86. The van der Waals surface area contributed by atoms with E-state index in [0.717, 1.165) is 17.1 Å². The highest BCUT2D eigenvalue weighted by Gasteiger charge is 2.68. The van der Waals surface area contributed by atoms with Crippen molar-refractivity contribution in [2.75, 3.05) is 6.61 Å². The Balaban J connectivity index is 1.55. The van der Waals surface area contributed by atoms with E-state index in [1.165, 1.54) is 0 Å². The molecule has 0 saturated carbocycles. The maximum Gasteiger partial charge on any atom is 0.341 e. The summed E-state index contributed by atoms with van der Waals surface area (Å²) in [7, 11) is 0. The second kappa shape index (κ2) is 6.95. The van der Waals surface area contributed by atoms with Gasteiger partial charge in [0.25, 0.3) is 0 Å². The van der Waals surface area contributed by atoms with Crippen molar-refractivity contribution < 1.29 is 23.7 Å². The average Bonchev–Trinajstić information content (AvgIpc) is 3.09. The summed E-state index contributed by atoms with van der Waals surface area (Å²) < 4.78 is 23.1. The fourth-order valence-electron chi connectivity index (χ4n) is 3.82. The van der Waals surface area contributed by atoms with Gasteiger partial charge in [-0.3, -0.25) is 0 Å². The van der Waals surface area contributed by atoms with Gasteiger partial charge in [-0.1, -0.05) is 30.3 Å². The first-order valence-corrected chi connectivity index (χ1v) is 9.39. The molecule has 2 heterocycles. The van der Waals surface area contributed by atoms with Gasteiger partial charge in [0, 0.05) is 20.3 Å². The van der Waals surface area contributed by atoms with Crippen molar-refractivity contribution in [3.8, 4) is 11.5 Å². The molecule has 0 unspecified atom stereocenters. The summed E-state index contributed by atoms with van der Waals surface area (Å²) in [5.41, 5.74) is -0.257. The third-order valence-corrected chi connectivity index (χ3v) is 5.13. The molecule has 6 heteroatoms. The Morgan fingerprint density at radius 1 is 1.14 bits per heavy atom. The van der Waals surface area contributed by atoms with Gasteiger partial charge in [0.1, 0.15) is 11.5 Å². The minimum absolute atomic E-state index is 0.279. The molecule has 1 fully saturated rings. The molecule has 2 aromatic carbocycles. The lowest BCUT2D eigenvalue weighted by atomic mass is 9.87. The largest absolute Gasteiger partial charge is 0.464 e. The predicted octanol–water partition coefficient (Wildman–Crippen LogP) is 4.41. The van der Waals surface area contributed by atoms with Crippen LogP contribution in [0.2, 0.25) is 0 Å². The molecule has 0 aromatic heterocycles. The molecule has 6 nitrogen and oxygen atoms in total. The van der Waals surface area contributed by atoms with Crippen LogP contribution >= 0.6 is 0 Å². The SMILES string of the molecule is CCOC(=O)[C@]12C[C@H](c3ccc(Oc4ccccc4)cc3)O[C@@]1(C)OC(C)=N2. The molecule has 28 heavy (non-hydrogen) atoms. The van der Waals surface area contributed by atoms with Crippen LogP contribution in [0.1, 0.15) is 38.9 Å². The summed E-state index contributed by atoms with van der Waals surface area (Å²) in [6.07, 6.45) is 0.0236. The van der Waals surface area contributed by atoms with Gasteiger partial charge in [-0.25, -0.2) is 9.79 Å². The predicted molar refractivity (Wildman–Crippen MR) is 103 cm³/mol. The first-order chi connectivity index (χ1) is 13.5. The van der Waals surface area contributed by atoms with Gasteiger partial charge in [-0.2, -0.15) is 0 Å². The summed E-state index contributed by atoms with van der Waals surface area (Å²) in [5, 5.41) is 0. The van der Waals surface area contributed by atoms with Crippen LogP contribution in [0.3, 0.4) is 0 Å². The molecule has 3 atom stereocenters. The number of rotatable bonds is 5. The molecule has 0 N–H and O–H groups in total. The summed E-state index contributed by atoms with van der Waals surface area (Å²) >= 11 is 0.